The molecule has 1 aromatic carbocycles. The van der Waals surface area contributed by atoms with E-state index in [-0.39, 0.29) is 11.3 Å². The Morgan fingerprint density at radius 1 is 1.23 bits per heavy atom. The first-order valence-electron chi connectivity index (χ1n) is 11.7. The van der Waals surface area contributed by atoms with E-state index in [9.17, 15) is 4.79 Å². The molecule has 0 aliphatic carbocycles. The van der Waals surface area contributed by atoms with Crippen LogP contribution in [0.25, 0.3) is 11.3 Å². The Morgan fingerprint density at radius 3 is 2.80 bits per heavy atom. The molecule has 4 rings (SSSR count). The van der Waals surface area contributed by atoms with Gasteiger partial charge in [-0.25, -0.2) is 15.0 Å². The molecule has 0 unspecified atom stereocenters. The van der Waals surface area contributed by atoms with Crippen molar-refractivity contribution >= 4 is 17.5 Å². The normalized spacial score (nSPS) is 14.4. The lowest BCUT2D eigenvalue weighted by atomic mass is 9.79. The van der Waals surface area contributed by atoms with Gasteiger partial charge in [0.25, 0.3) is 5.91 Å². The average Bonchev–Trinajstić information content (AvgIpc) is 2.91. The summed E-state index contributed by atoms with van der Waals surface area (Å²) in [4.78, 5) is 27.6. The number of methoxy groups -OCH3 is 1. The molecule has 0 saturated carbocycles. The first-order chi connectivity index (χ1) is 16.9. The molecule has 0 bridgehead atoms. The molecular formula is C26H32N6O3. The van der Waals surface area contributed by atoms with Gasteiger partial charge in [-0.3, -0.25) is 4.79 Å². The minimum absolute atomic E-state index is 0.145. The van der Waals surface area contributed by atoms with Crippen LogP contribution < -0.4 is 25.0 Å². The van der Waals surface area contributed by atoms with E-state index in [1.54, 1.807) is 26.6 Å². The van der Waals surface area contributed by atoms with Gasteiger partial charge >= 0.3 is 0 Å². The van der Waals surface area contributed by atoms with E-state index in [0.717, 1.165) is 41.4 Å². The number of nitrogens with one attached hydrogen (secondary N) is 2. The monoisotopic (exact) mass is 476 g/mol. The Morgan fingerprint density at radius 2 is 2.06 bits per heavy atom. The SMILES string of the molecule is CC[C@](C)(CNc1cc(-c2cnc3c(c2)OCCN3C)ncn1)c1ccc(C(=O)NC)cc1OC. The summed E-state index contributed by atoms with van der Waals surface area (Å²) >= 11 is 0. The molecule has 0 fully saturated rings. The largest absolute Gasteiger partial charge is 0.496 e. The molecule has 3 aromatic rings. The first kappa shape index (κ1) is 24.3. The van der Waals surface area contributed by atoms with Gasteiger partial charge in [-0.05, 0) is 24.6 Å². The fourth-order valence-electron chi connectivity index (χ4n) is 4.15. The highest BCUT2D eigenvalue weighted by Gasteiger charge is 2.29. The number of hydrogen-bond donors (Lipinski definition) is 2. The van der Waals surface area contributed by atoms with E-state index >= 15 is 0 Å². The number of aromatic nitrogens is 3. The molecule has 35 heavy (non-hydrogen) atoms. The van der Waals surface area contributed by atoms with Crippen LogP contribution in [0.15, 0.2) is 42.9 Å². The maximum absolute atomic E-state index is 12.1. The molecule has 2 aromatic heterocycles. The number of carbonyl (C=O) groups excluding carboxylic acids is 1. The van der Waals surface area contributed by atoms with Crippen molar-refractivity contribution in [1.29, 1.82) is 0 Å². The third-order valence-electron chi connectivity index (χ3n) is 6.62. The Kier molecular flexibility index (Phi) is 7.04. The number of amides is 1. The van der Waals surface area contributed by atoms with Gasteiger partial charge in [0.2, 0.25) is 0 Å². The highest BCUT2D eigenvalue weighted by Crippen LogP contribution is 2.36. The topological polar surface area (TPSA) is 102 Å². The number of anilines is 2. The van der Waals surface area contributed by atoms with Crippen LogP contribution in [-0.4, -0.2) is 61.8 Å². The minimum Gasteiger partial charge on any atom is -0.496 e. The van der Waals surface area contributed by atoms with Crippen LogP contribution in [0.5, 0.6) is 11.5 Å². The molecule has 9 heteroatoms. The second kappa shape index (κ2) is 10.2. The summed E-state index contributed by atoms with van der Waals surface area (Å²) in [6, 6.07) is 9.47. The van der Waals surface area contributed by atoms with Gasteiger partial charge in [-0.2, -0.15) is 0 Å². The van der Waals surface area contributed by atoms with Crippen LogP contribution in [0.1, 0.15) is 36.2 Å². The molecule has 0 radical (unpaired) electrons. The number of nitrogens with zero attached hydrogens (tertiary/aromatic N) is 4. The number of likely N-dealkylation sites (N-methyl/N-ethyl adjacent to an activating group) is 1. The zero-order valence-electron chi connectivity index (χ0n) is 20.9. The molecule has 1 amide bonds. The van der Waals surface area contributed by atoms with Crippen molar-refractivity contribution < 1.29 is 14.3 Å². The van der Waals surface area contributed by atoms with Crippen molar-refractivity contribution in [1.82, 2.24) is 20.3 Å². The molecular weight excluding hydrogens is 444 g/mol. The summed E-state index contributed by atoms with van der Waals surface area (Å²) in [7, 11) is 5.25. The number of ether oxygens (including phenoxy) is 2. The Balaban J connectivity index is 1.55. The van der Waals surface area contributed by atoms with Gasteiger partial charge in [-0.15, -0.1) is 0 Å². The van der Waals surface area contributed by atoms with Gasteiger partial charge in [0.15, 0.2) is 11.6 Å². The maximum atomic E-state index is 12.1. The zero-order valence-corrected chi connectivity index (χ0v) is 20.9. The van der Waals surface area contributed by atoms with E-state index in [1.165, 1.54) is 0 Å². The zero-order chi connectivity index (χ0) is 25.0. The van der Waals surface area contributed by atoms with Crippen LogP contribution in [0.4, 0.5) is 11.6 Å². The van der Waals surface area contributed by atoms with Crippen molar-refractivity contribution in [2.24, 2.45) is 0 Å². The van der Waals surface area contributed by atoms with E-state index in [4.69, 9.17) is 9.47 Å². The Labute approximate surface area is 205 Å². The van der Waals surface area contributed by atoms with E-state index in [1.807, 2.05) is 37.5 Å². The van der Waals surface area contributed by atoms with Gasteiger partial charge in [-0.1, -0.05) is 19.9 Å². The van der Waals surface area contributed by atoms with Gasteiger partial charge < -0.3 is 25.0 Å². The summed E-state index contributed by atoms with van der Waals surface area (Å²) in [5, 5.41) is 6.12. The van der Waals surface area contributed by atoms with Gasteiger partial charge in [0.1, 0.15) is 24.5 Å². The van der Waals surface area contributed by atoms with E-state index < -0.39 is 0 Å². The van der Waals surface area contributed by atoms with Crippen LogP contribution >= 0.6 is 0 Å². The molecule has 9 nitrogen and oxygen atoms in total. The average molecular weight is 477 g/mol. The predicted molar refractivity (Wildman–Crippen MR) is 137 cm³/mol. The lowest BCUT2D eigenvalue weighted by Gasteiger charge is -2.31. The molecule has 1 aliphatic heterocycles. The molecule has 1 atom stereocenters. The predicted octanol–water partition coefficient (Wildman–Crippen LogP) is 3.52. The van der Waals surface area contributed by atoms with Crippen molar-refractivity contribution in [2.75, 3.05) is 51.1 Å². The molecule has 0 saturated heterocycles. The number of fused-ring (bicyclic) bond motifs is 1. The second-order valence-electron chi connectivity index (χ2n) is 8.87. The molecule has 3 heterocycles. The minimum atomic E-state index is -0.260. The summed E-state index contributed by atoms with van der Waals surface area (Å²) in [5.74, 6) is 2.85. The lowest BCUT2D eigenvalue weighted by molar-refractivity contribution is 0.0962. The molecule has 1 aliphatic rings. The van der Waals surface area contributed by atoms with Crippen LogP contribution in [0.2, 0.25) is 0 Å². The smallest absolute Gasteiger partial charge is 0.251 e. The van der Waals surface area contributed by atoms with Crippen molar-refractivity contribution in [3.8, 4) is 22.8 Å². The summed E-state index contributed by atoms with van der Waals surface area (Å²) in [5.41, 5.74) is 2.96. The van der Waals surface area contributed by atoms with Gasteiger partial charge in [0.05, 0.1) is 19.3 Å². The molecule has 184 valence electrons. The van der Waals surface area contributed by atoms with Crippen LogP contribution in [-0.2, 0) is 5.41 Å². The van der Waals surface area contributed by atoms with Crippen molar-refractivity contribution in [3.63, 3.8) is 0 Å². The maximum Gasteiger partial charge on any atom is 0.251 e. The second-order valence-corrected chi connectivity index (χ2v) is 8.87. The van der Waals surface area contributed by atoms with Crippen LogP contribution in [0.3, 0.4) is 0 Å². The highest BCUT2D eigenvalue weighted by molar-refractivity contribution is 5.94. The number of hydrogen-bond acceptors (Lipinski definition) is 8. The number of pyridine rings is 1. The fraction of sp³-hybridized carbons (Fsp3) is 0.385. The summed E-state index contributed by atoms with van der Waals surface area (Å²) in [6.45, 7) is 6.37. The summed E-state index contributed by atoms with van der Waals surface area (Å²) in [6.07, 6.45) is 4.21. The number of rotatable bonds is 8. The lowest BCUT2D eigenvalue weighted by Crippen LogP contribution is -2.31. The van der Waals surface area contributed by atoms with E-state index in [0.29, 0.717) is 30.3 Å². The summed E-state index contributed by atoms with van der Waals surface area (Å²) < 4.78 is 11.4. The third kappa shape index (κ3) is 4.99. The standard InChI is InChI=1S/C26H32N6O3/c1-6-26(2,19-8-7-17(25(33)27-3)11-21(19)34-5)15-29-23-13-20(30-16-31-23)18-12-22-24(28-14-18)32(4)9-10-35-22/h7-8,11-14,16H,6,9-10,15H2,1-5H3,(H,27,33)(H,29,30,31)/t26-/m1/s1. The van der Waals surface area contributed by atoms with Crippen LogP contribution in [0, 0.1) is 0 Å². The van der Waals surface area contributed by atoms with Crippen molar-refractivity contribution in [3.05, 3.63) is 54.0 Å². The molecule has 0 spiro atoms. The fourth-order valence-corrected chi connectivity index (χ4v) is 4.15. The Bertz CT molecular complexity index is 1220. The van der Waals surface area contributed by atoms with Gasteiger partial charge in [0, 0.05) is 55.0 Å². The first-order valence-corrected chi connectivity index (χ1v) is 11.7. The molecule has 2 N–H and O–H groups in total. The highest BCUT2D eigenvalue weighted by atomic mass is 16.5. The number of carbonyl (C=O) groups is 1. The third-order valence-corrected chi connectivity index (χ3v) is 6.62. The number of benzene rings is 1. The van der Waals surface area contributed by atoms with Crippen molar-refractivity contribution in [2.45, 2.75) is 25.7 Å². The van der Waals surface area contributed by atoms with E-state index in [2.05, 4.69) is 44.3 Å². The quantitative estimate of drug-likeness (QED) is 0.509. The Hall–Kier alpha value is -3.88.